The van der Waals surface area contributed by atoms with Crippen molar-refractivity contribution in [2.75, 3.05) is 25.2 Å². The molecule has 0 radical (unpaired) electrons. The smallest absolute Gasteiger partial charge is 0.232 e. The maximum atomic E-state index is 12.9. The summed E-state index contributed by atoms with van der Waals surface area (Å²) in [6.45, 7) is 0.999. The van der Waals surface area contributed by atoms with E-state index in [1.807, 2.05) is 12.1 Å². The van der Waals surface area contributed by atoms with Crippen LogP contribution < -0.4 is 4.90 Å². The Balaban J connectivity index is 1.80. The molecule has 0 atom stereocenters. The van der Waals surface area contributed by atoms with Crippen LogP contribution in [0.1, 0.15) is 32.1 Å². The van der Waals surface area contributed by atoms with Crippen LogP contribution in [0.15, 0.2) is 24.5 Å². The predicted octanol–water partition coefficient (Wildman–Crippen LogP) is 3.16. The third kappa shape index (κ3) is 3.96. The second kappa shape index (κ2) is 8.30. The van der Waals surface area contributed by atoms with Crippen molar-refractivity contribution in [2.45, 2.75) is 32.1 Å². The van der Waals surface area contributed by atoms with Gasteiger partial charge in [-0.15, -0.1) is 10.2 Å². The minimum absolute atomic E-state index is 0.101. The van der Waals surface area contributed by atoms with E-state index in [0.717, 1.165) is 36.3 Å². The lowest BCUT2D eigenvalue weighted by Gasteiger charge is -2.27. The number of hydrogen-bond donors (Lipinski definition) is 0. The molecule has 2 heterocycles. The molecule has 0 spiro atoms. The molecular weight excluding hydrogens is 324 g/mol. The molecule has 128 valence electrons. The zero-order chi connectivity index (χ0) is 16.8. The number of amides is 1. The van der Waals surface area contributed by atoms with Crippen LogP contribution in [0.5, 0.6) is 0 Å². The summed E-state index contributed by atoms with van der Waals surface area (Å²) in [5, 5.41) is 9.95. The Morgan fingerprint density at radius 3 is 2.71 bits per heavy atom. The highest BCUT2D eigenvalue weighted by atomic mass is 32.1. The zero-order valence-corrected chi connectivity index (χ0v) is 14.7. The van der Waals surface area contributed by atoms with Crippen LogP contribution in [0.3, 0.4) is 0 Å². The Bertz CT molecular complexity index is 656. The van der Waals surface area contributed by atoms with E-state index in [-0.39, 0.29) is 11.8 Å². The molecule has 24 heavy (non-hydrogen) atoms. The van der Waals surface area contributed by atoms with Crippen LogP contribution in [-0.2, 0) is 9.53 Å². The van der Waals surface area contributed by atoms with Crippen LogP contribution in [0.25, 0.3) is 10.6 Å². The van der Waals surface area contributed by atoms with Gasteiger partial charge in [-0.1, -0.05) is 30.6 Å². The Morgan fingerprint density at radius 2 is 2.00 bits per heavy atom. The summed E-state index contributed by atoms with van der Waals surface area (Å²) in [7, 11) is 1.64. The van der Waals surface area contributed by atoms with E-state index in [9.17, 15) is 4.79 Å². The fraction of sp³-hybridized carbons (Fsp3) is 0.529. The predicted molar refractivity (Wildman–Crippen MR) is 93.9 cm³/mol. The normalized spacial score (nSPS) is 15.4. The molecule has 1 amide bonds. The first-order valence-electron chi connectivity index (χ1n) is 8.34. The molecule has 2 aromatic rings. The largest absolute Gasteiger partial charge is 0.383 e. The quantitative estimate of drug-likeness (QED) is 0.804. The molecule has 0 aliphatic heterocycles. The minimum Gasteiger partial charge on any atom is -0.383 e. The first-order chi connectivity index (χ1) is 11.8. The van der Waals surface area contributed by atoms with Crippen LogP contribution >= 0.6 is 11.3 Å². The number of aromatic nitrogens is 3. The van der Waals surface area contributed by atoms with Crippen molar-refractivity contribution in [2.24, 2.45) is 5.92 Å². The molecule has 2 aromatic heterocycles. The summed E-state index contributed by atoms with van der Waals surface area (Å²) < 4.78 is 5.18. The molecule has 0 aromatic carbocycles. The summed E-state index contributed by atoms with van der Waals surface area (Å²) >= 11 is 1.44. The Hall–Kier alpha value is -1.86. The topological polar surface area (TPSA) is 68.2 Å². The Morgan fingerprint density at radius 1 is 1.25 bits per heavy atom. The molecule has 6 nitrogen and oxygen atoms in total. The van der Waals surface area contributed by atoms with Crippen molar-refractivity contribution in [3.8, 4) is 10.6 Å². The zero-order valence-electron chi connectivity index (χ0n) is 13.9. The highest BCUT2D eigenvalue weighted by molar-refractivity contribution is 7.18. The van der Waals surface area contributed by atoms with E-state index >= 15 is 0 Å². The third-order valence-electron chi connectivity index (χ3n) is 4.31. The number of carbonyl (C=O) groups is 1. The lowest BCUT2D eigenvalue weighted by atomic mass is 9.88. The Labute approximate surface area is 145 Å². The second-order valence-corrected chi connectivity index (χ2v) is 6.90. The van der Waals surface area contributed by atoms with Gasteiger partial charge in [0.15, 0.2) is 0 Å². The monoisotopic (exact) mass is 346 g/mol. The van der Waals surface area contributed by atoms with E-state index in [2.05, 4.69) is 15.2 Å². The van der Waals surface area contributed by atoms with Gasteiger partial charge in [0.1, 0.15) is 5.01 Å². The van der Waals surface area contributed by atoms with Gasteiger partial charge in [0.2, 0.25) is 11.0 Å². The van der Waals surface area contributed by atoms with Gasteiger partial charge >= 0.3 is 0 Å². The van der Waals surface area contributed by atoms with E-state index in [4.69, 9.17) is 4.74 Å². The molecule has 1 fully saturated rings. The van der Waals surface area contributed by atoms with Crippen molar-refractivity contribution in [1.82, 2.24) is 15.2 Å². The van der Waals surface area contributed by atoms with Gasteiger partial charge in [-0.3, -0.25) is 14.7 Å². The van der Waals surface area contributed by atoms with Crippen molar-refractivity contribution in [3.05, 3.63) is 24.5 Å². The summed E-state index contributed by atoms with van der Waals surface area (Å²) in [6.07, 6.45) is 8.89. The van der Waals surface area contributed by atoms with Gasteiger partial charge in [0, 0.05) is 31.0 Å². The van der Waals surface area contributed by atoms with Gasteiger partial charge in [0.05, 0.1) is 13.2 Å². The molecule has 1 saturated carbocycles. The maximum Gasteiger partial charge on any atom is 0.232 e. The van der Waals surface area contributed by atoms with Gasteiger partial charge in [-0.05, 0) is 25.0 Å². The van der Waals surface area contributed by atoms with Crippen molar-refractivity contribution in [3.63, 3.8) is 0 Å². The van der Waals surface area contributed by atoms with Crippen molar-refractivity contribution >= 4 is 22.4 Å². The van der Waals surface area contributed by atoms with Gasteiger partial charge < -0.3 is 4.74 Å². The van der Waals surface area contributed by atoms with Crippen LogP contribution in [0, 0.1) is 5.92 Å². The molecule has 0 bridgehead atoms. The van der Waals surface area contributed by atoms with Crippen LogP contribution in [0.4, 0.5) is 5.13 Å². The highest BCUT2D eigenvalue weighted by Crippen LogP contribution is 2.31. The van der Waals surface area contributed by atoms with Crippen molar-refractivity contribution in [1.29, 1.82) is 0 Å². The van der Waals surface area contributed by atoms with E-state index in [1.54, 1.807) is 24.4 Å². The summed E-state index contributed by atoms with van der Waals surface area (Å²) in [6, 6.07) is 3.79. The molecule has 0 saturated heterocycles. The number of carbonyl (C=O) groups excluding carboxylic acids is 1. The van der Waals surface area contributed by atoms with E-state index in [1.165, 1.54) is 17.8 Å². The first kappa shape index (κ1) is 17.0. The van der Waals surface area contributed by atoms with Gasteiger partial charge in [-0.25, -0.2) is 0 Å². The molecule has 3 rings (SSSR count). The lowest BCUT2D eigenvalue weighted by molar-refractivity contribution is -0.123. The molecule has 7 heteroatoms. The molecule has 0 N–H and O–H groups in total. The van der Waals surface area contributed by atoms with E-state index in [0.29, 0.717) is 18.3 Å². The minimum atomic E-state index is 0.101. The maximum absolute atomic E-state index is 12.9. The van der Waals surface area contributed by atoms with Gasteiger partial charge in [-0.2, -0.15) is 0 Å². The number of hydrogen-bond acceptors (Lipinski definition) is 6. The fourth-order valence-electron chi connectivity index (χ4n) is 2.99. The number of methoxy groups -OCH3 is 1. The van der Waals surface area contributed by atoms with Crippen LogP contribution in [-0.4, -0.2) is 41.3 Å². The number of rotatable bonds is 6. The fourth-order valence-corrected chi connectivity index (χ4v) is 3.87. The first-order valence-corrected chi connectivity index (χ1v) is 9.15. The standard InChI is InChI=1S/C17H22N4O2S/c1-23-12-11-21(16(22)14-5-3-2-4-6-14)17-20-19-15(24-17)13-7-9-18-10-8-13/h7-10,14H,2-6,11-12H2,1H3. The number of pyridine rings is 1. The van der Waals surface area contributed by atoms with Crippen molar-refractivity contribution < 1.29 is 9.53 Å². The molecule has 1 aliphatic rings. The van der Waals surface area contributed by atoms with E-state index < -0.39 is 0 Å². The number of anilines is 1. The average molecular weight is 346 g/mol. The molecule has 0 unspecified atom stereocenters. The summed E-state index contributed by atoms with van der Waals surface area (Å²) in [5.41, 5.74) is 0.963. The summed E-state index contributed by atoms with van der Waals surface area (Å²) in [5.74, 6) is 0.257. The third-order valence-corrected chi connectivity index (χ3v) is 5.31. The average Bonchev–Trinajstić information content (AvgIpc) is 3.13. The lowest BCUT2D eigenvalue weighted by Crippen LogP contribution is -2.39. The molecule has 1 aliphatic carbocycles. The summed E-state index contributed by atoms with van der Waals surface area (Å²) in [4.78, 5) is 18.7. The van der Waals surface area contributed by atoms with Gasteiger partial charge in [0.25, 0.3) is 0 Å². The number of nitrogens with zero attached hydrogens (tertiary/aromatic N) is 4. The SMILES string of the molecule is COCCN(C(=O)C1CCCCC1)c1nnc(-c2ccncc2)s1. The molecular formula is C17H22N4O2S. The second-order valence-electron chi connectivity index (χ2n) is 5.94. The Kier molecular flexibility index (Phi) is 5.87. The number of ether oxygens (including phenoxy) is 1. The highest BCUT2D eigenvalue weighted by Gasteiger charge is 2.28. The van der Waals surface area contributed by atoms with Crippen LogP contribution in [0.2, 0.25) is 0 Å².